The first-order valence-electron chi connectivity index (χ1n) is 6.28. The lowest BCUT2D eigenvalue weighted by atomic mass is 10.1. The predicted octanol–water partition coefficient (Wildman–Crippen LogP) is 1.64. The molecule has 1 saturated heterocycles. The van der Waals surface area contributed by atoms with E-state index >= 15 is 0 Å². The van der Waals surface area contributed by atoms with Crippen LogP contribution in [-0.2, 0) is 6.54 Å². The Bertz CT molecular complexity index is 365. The molecule has 2 heterocycles. The smallest absolute Gasteiger partial charge is 0.180 e. The lowest BCUT2D eigenvalue weighted by Gasteiger charge is -2.43. The minimum Gasteiger partial charge on any atom is -0.375 e. The summed E-state index contributed by atoms with van der Waals surface area (Å²) in [5.41, 5.74) is 5.67. The van der Waals surface area contributed by atoms with Gasteiger partial charge in [0, 0.05) is 42.8 Å². The number of piperazine rings is 1. The Hall–Kier alpha value is -0.650. The van der Waals surface area contributed by atoms with Crippen LogP contribution in [0.25, 0.3) is 0 Å². The third-order valence-corrected chi connectivity index (χ3v) is 4.39. The number of nitrogens with two attached hydrogens (primary N) is 1. The topological polar surface area (TPSA) is 45.4 Å². The second kappa shape index (κ2) is 5.33. The molecule has 0 spiro atoms. The minimum absolute atomic E-state index is 0.606. The van der Waals surface area contributed by atoms with E-state index in [9.17, 15) is 0 Å². The number of nitrogen functional groups attached to an aromatic ring is 1. The number of likely N-dealkylation sites (N-methyl/N-ethyl adjacent to an activating group) is 1. The van der Waals surface area contributed by atoms with Gasteiger partial charge < -0.3 is 5.73 Å². The van der Waals surface area contributed by atoms with E-state index < -0.39 is 0 Å². The Labute approximate surface area is 107 Å². The molecular weight excluding hydrogens is 232 g/mol. The molecule has 1 aromatic rings. The van der Waals surface area contributed by atoms with Gasteiger partial charge in [0.15, 0.2) is 5.13 Å². The summed E-state index contributed by atoms with van der Waals surface area (Å²) in [5, 5.41) is 0.674. The molecule has 17 heavy (non-hydrogen) atoms. The number of hydrogen-bond acceptors (Lipinski definition) is 5. The van der Waals surface area contributed by atoms with Crippen LogP contribution in [0.1, 0.15) is 25.6 Å². The Balaban J connectivity index is 1.97. The molecule has 0 radical (unpaired) electrons. The quantitative estimate of drug-likeness (QED) is 0.890. The van der Waals surface area contributed by atoms with Gasteiger partial charge in [0.1, 0.15) is 0 Å². The number of rotatable bonds is 3. The Morgan fingerprint density at radius 2 is 2.00 bits per heavy atom. The summed E-state index contributed by atoms with van der Waals surface area (Å²) in [7, 11) is 0. The maximum Gasteiger partial charge on any atom is 0.180 e. The van der Waals surface area contributed by atoms with E-state index in [1.54, 1.807) is 11.3 Å². The fourth-order valence-electron chi connectivity index (χ4n) is 2.53. The largest absolute Gasteiger partial charge is 0.375 e. The molecule has 96 valence electrons. The van der Waals surface area contributed by atoms with Crippen molar-refractivity contribution >= 4 is 16.5 Å². The van der Waals surface area contributed by atoms with Crippen molar-refractivity contribution in [3.63, 3.8) is 0 Å². The van der Waals surface area contributed by atoms with E-state index in [1.807, 2.05) is 6.20 Å². The summed E-state index contributed by atoms with van der Waals surface area (Å²) < 4.78 is 0. The van der Waals surface area contributed by atoms with Crippen LogP contribution < -0.4 is 5.73 Å². The fourth-order valence-corrected chi connectivity index (χ4v) is 3.24. The van der Waals surface area contributed by atoms with Crippen molar-refractivity contribution in [2.45, 2.75) is 39.4 Å². The van der Waals surface area contributed by atoms with Gasteiger partial charge in [-0.1, -0.05) is 6.92 Å². The van der Waals surface area contributed by atoms with Gasteiger partial charge in [0.05, 0.1) is 0 Å². The van der Waals surface area contributed by atoms with Gasteiger partial charge in [-0.15, -0.1) is 11.3 Å². The van der Waals surface area contributed by atoms with E-state index in [0.717, 1.165) is 26.2 Å². The van der Waals surface area contributed by atoms with Crippen molar-refractivity contribution in [2.75, 3.05) is 25.4 Å². The molecule has 1 aliphatic heterocycles. The van der Waals surface area contributed by atoms with Gasteiger partial charge in [-0.2, -0.15) is 0 Å². The number of hydrogen-bond donors (Lipinski definition) is 1. The number of nitrogens with zero attached hydrogens (tertiary/aromatic N) is 3. The highest BCUT2D eigenvalue weighted by molar-refractivity contribution is 7.15. The standard InChI is InChI=1S/C12H22N4S/c1-4-15-6-10(3)16(7-9(15)2)8-11-5-14-12(13)17-11/h5,9-10H,4,6-8H2,1-3H3,(H2,13,14). The molecule has 5 heteroatoms. The van der Waals surface area contributed by atoms with Gasteiger partial charge in [-0.25, -0.2) is 4.98 Å². The Kier molecular flexibility index (Phi) is 4.01. The lowest BCUT2D eigenvalue weighted by Crippen LogP contribution is -2.55. The van der Waals surface area contributed by atoms with Crippen LogP contribution >= 0.6 is 11.3 Å². The van der Waals surface area contributed by atoms with Crippen LogP contribution in [0.15, 0.2) is 6.20 Å². The van der Waals surface area contributed by atoms with Gasteiger partial charge in [0.25, 0.3) is 0 Å². The molecule has 0 aromatic carbocycles. The Morgan fingerprint density at radius 1 is 1.35 bits per heavy atom. The third-order valence-electron chi connectivity index (χ3n) is 3.58. The van der Waals surface area contributed by atoms with Crippen molar-refractivity contribution in [3.8, 4) is 0 Å². The van der Waals surface area contributed by atoms with Crippen molar-refractivity contribution in [1.29, 1.82) is 0 Å². The first-order chi connectivity index (χ1) is 8.10. The predicted molar refractivity (Wildman–Crippen MR) is 73.1 cm³/mol. The van der Waals surface area contributed by atoms with Crippen molar-refractivity contribution in [2.24, 2.45) is 0 Å². The molecule has 2 rings (SSSR count). The maximum atomic E-state index is 5.67. The molecule has 2 N–H and O–H groups in total. The zero-order valence-corrected chi connectivity index (χ0v) is 11.7. The third kappa shape index (κ3) is 2.97. The summed E-state index contributed by atoms with van der Waals surface area (Å²) in [6.45, 7) is 11.3. The van der Waals surface area contributed by atoms with Gasteiger partial charge in [-0.3, -0.25) is 9.80 Å². The molecule has 0 bridgehead atoms. The van der Waals surface area contributed by atoms with Crippen LogP contribution in [0, 0.1) is 0 Å². The first-order valence-corrected chi connectivity index (χ1v) is 7.10. The highest BCUT2D eigenvalue weighted by Crippen LogP contribution is 2.21. The molecule has 0 amide bonds. The van der Waals surface area contributed by atoms with Crippen molar-refractivity contribution < 1.29 is 0 Å². The van der Waals surface area contributed by atoms with Crippen LogP contribution in [0.3, 0.4) is 0 Å². The van der Waals surface area contributed by atoms with Gasteiger partial charge in [0.2, 0.25) is 0 Å². The van der Waals surface area contributed by atoms with E-state index in [0.29, 0.717) is 17.2 Å². The van der Waals surface area contributed by atoms with Crippen LogP contribution in [0.2, 0.25) is 0 Å². The Morgan fingerprint density at radius 3 is 2.59 bits per heavy atom. The van der Waals surface area contributed by atoms with Crippen LogP contribution in [-0.4, -0.2) is 46.5 Å². The molecule has 0 aliphatic carbocycles. The monoisotopic (exact) mass is 254 g/mol. The van der Waals surface area contributed by atoms with Gasteiger partial charge >= 0.3 is 0 Å². The van der Waals surface area contributed by atoms with Crippen LogP contribution in [0.4, 0.5) is 5.13 Å². The molecule has 0 saturated carbocycles. The molecular formula is C12H22N4S. The fraction of sp³-hybridized carbons (Fsp3) is 0.750. The second-order valence-electron chi connectivity index (χ2n) is 4.88. The summed E-state index contributed by atoms with van der Waals surface area (Å²) in [6, 6.07) is 1.25. The maximum absolute atomic E-state index is 5.67. The highest BCUT2D eigenvalue weighted by atomic mass is 32.1. The number of thiazole rings is 1. The number of aromatic nitrogens is 1. The van der Waals surface area contributed by atoms with Crippen LogP contribution in [0.5, 0.6) is 0 Å². The second-order valence-corrected chi connectivity index (χ2v) is 6.03. The van der Waals surface area contributed by atoms with Crippen molar-refractivity contribution in [1.82, 2.24) is 14.8 Å². The summed E-state index contributed by atoms with van der Waals surface area (Å²) in [5.74, 6) is 0. The minimum atomic E-state index is 0.606. The zero-order chi connectivity index (χ0) is 12.4. The van der Waals surface area contributed by atoms with Crippen molar-refractivity contribution in [3.05, 3.63) is 11.1 Å². The normalized spacial score (nSPS) is 27.5. The van der Waals surface area contributed by atoms with E-state index in [-0.39, 0.29) is 0 Å². The molecule has 1 aromatic heterocycles. The van der Waals surface area contributed by atoms with E-state index in [2.05, 4.69) is 35.6 Å². The molecule has 4 nitrogen and oxygen atoms in total. The SMILES string of the molecule is CCN1CC(C)N(Cc2cnc(N)s2)CC1C. The summed E-state index contributed by atoms with van der Waals surface area (Å²) in [4.78, 5) is 10.5. The lowest BCUT2D eigenvalue weighted by molar-refractivity contribution is 0.0418. The highest BCUT2D eigenvalue weighted by Gasteiger charge is 2.28. The molecule has 1 fully saturated rings. The average molecular weight is 254 g/mol. The van der Waals surface area contributed by atoms with E-state index in [4.69, 9.17) is 5.73 Å². The molecule has 2 unspecified atom stereocenters. The molecule has 1 aliphatic rings. The average Bonchev–Trinajstić information content (AvgIpc) is 2.69. The molecule has 2 atom stereocenters. The summed E-state index contributed by atoms with van der Waals surface area (Å²) >= 11 is 1.60. The van der Waals surface area contributed by atoms with E-state index in [1.165, 1.54) is 4.88 Å². The zero-order valence-electron chi connectivity index (χ0n) is 10.9. The van der Waals surface area contributed by atoms with Gasteiger partial charge in [-0.05, 0) is 20.4 Å². The first kappa shape index (κ1) is 12.8. The summed E-state index contributed by atoms with van der Waals surface area (Å²) in [6.07, 6.45) is 1.91. The number of anilines is 1.